The highest BCUT2D eigenvalue weighted by atomic mass is 16.5. The zero-order valence-electron chi connectivity index (χ0n) is 22.1. The van der Waals surface area contributed by atoms with Crippen LogP contribution >= 0.6 is 0 Å². The third-order valence-electron chi connectivity index (χ3n) is 6.28. The number of hydrogen-bond acceptors (Lipinski definition) is 8. The summed E-state index contributed by atoms with van der Waals surface area (Å²) in [6.07, 6.45) is 3.85. The van der Waals surface area contributed by atoms with Crippen molar-refractivity contribution in [2.45, 2.75) is 25.4 Å². The van der Waals surface area contributed by atoms with E-state index in [0.29, 0.717) is 60.3 Å². The van der Waals surface area contributed by atoms with Crippen LogP contribution in [-0.2, 0) is 11.2 Å². The van der Waals surface area contributed by atoms with Gasteiger partial charge in [0.1, 0.15) is 29.5 Å². The Morgan fingerprint density at radius 3 is 2.71 bits per heavy atom. The SMILES string of the molecule is COc1cc(Cc2nccc(-c3ccc(OC4CCOCC4)c(C#N)c3)n2)ccc1C(=O)NCCN(C)C. The van der Waals surface area contributed by atoms with Crippen molar-refractivity contribution in [1.82, 2.24) is 20.2 Å². The summed E-state index contributed by atoms with van der Waals surface area (Å²) in [6, 6.07) is 15.1. The van der Waals surface area contributed by atoms with Crippen molar-refractivity contribution in [2.24, 2.45) is 0 Å². The molecule has 1 N–H and O–H groups in total. The van der Waals surface area contributed by atoms with Gasteiger partial charge < -0.3 is 24.4 Å². The van der Waals surface area contributed by atoms with Crippen LogP contribution in [0.5, 0.6) is 11.5 Å². The molecule has 0 bridgehead atoms. The number of nitrogens with zero attached hydrogens (tertiary/aromatic N) is 4. The van der Waals surface area contributed by atoms with Crippen LogP contribution in [0.15, 0.2) is 48.7 Å². The van der Waals surface area contributed by atoms with E-state index < -0.39 is 0 Å². The van der Waals surface area contributed by atoms with E-state index in [1.54, 1.807) is 25.4 Å². The topological polar surface area (TPSA) is 110 Å². The van der Waals surface area contributed by atoms with Gasteiger partial charge in [-0.05, 0) is 56.1 Å². The quantitative estimate of drug-likeness (QED) is 0.437. The highest BCUT2D eigenvalue weighted by molar-refractivity contribution is 5.97. The Labute approximate surface area is 223 Å². The second kappa shape index (κ2) is 13.0. The van der Waals surface area contributed by atoms with Gasteiger partial charge in [0.15, 0.2) is 0 Å². The number of nitrogens with one attached hydrogen (secondary N) is 1. The molecule has 38 heavy (non-hydrogen) atoms. The Morgan fingerprint density at radius 2 is 1.97 bits per heavy atom. The van der Waals surface area contributed by atoms with Crippen LogP contribution in [-0.4, -0.2) is 74.4 Å². The Kier molecular flexibility index (Phi) is 9.25. The lowest BCUT2D eigenvalue weighted by atomic mass is 10.1. The number of ether oxygens (including phenoxy) is 3. The van der Waals surface area contributed by atoms with E-state index in [-0.39, 0.29) is 12.0 Å². The normalized spacial score (nSPS) is 13.7. The largest absolute Gasteiger partial charge is 0.496 e. The summed E-state index contributed by atoms with van der Waals surface area (Å²) < 4.78 is 17.0. The summed E-state index contributed by atoms with van der Waals surface area (Å²) in [5.74, 6) is 1.52. The number of nitriles is 1. The van der Waals surface area contributed by atoms with Gasteiger partial charge in [-0.15, -0.1) is 0 Å². The molecule has 1 aliphatic heterocycles. The molecule has 1 fully saturated rings. The van der Waals surface area contributed by atoms with Crippen LogP contribution in [0.2, 0.25) is 0 Å². The van der Waals surface area contributed by atoms with E-state index in [9.17, 15) is 10.1 Å². The van der Waals surface area contributed by atoms with Gasteiger partial charge in [-0.1, -0.05) is 6.07 Å². The summed E-state index contributed by atoms with van der Waals surface area (Å²) in [6.45, 7) is 2.65. The minimum atomic E-state index is -0.175. The molecule has 0 unspecified atom stereocenters. The van der Waals surface area contributed by atoms with Crippen LogP contribution in [0, 0.1) is 11.3 Å². The van der Waals surface area contributed by atoms with E-state index in [1.807, 2.05) is 49.3 Å². The molecule has 9 nitrogen and oxygen atoms in total. The second-order valence-corrected chi connectivity index (χ2v) is 9.38. The third-order valence-corrected chi connectivity index (χ3v) is 6.28. The van der Waals surface area contributed by atoms with Gasteiger partial charge in [-0.3, -0.25) is 4.79 Å². The van der Waals surface area contributed by atoms with Crippen molar-refractivity contribution in [2.75, 3.05) is 47.5 Å². The Bertz CT molecular complexity index is 1300. The number of amides is 1. The van der Waals surface area contributed by atoms with Crippen molar-refractivity contribution < 1.29 is 19.0 Å². The Balaban J connectivity index is 1.48. The molecule has 0 atom stereocenters. The van der Waals surface area contributed by atoms with E-state index in [0.717, 1.165) is 30.5 Å². The number of carbonyl (C=O) groups is 1. The van der Waals surface area contributed by atoms with Crippen LogP contribution in [0.3, 0.4) is 0 Å². The van der Waals surface area contributed by atoms with Crippen molar-refractivity contribution in [1.29, 1.82) is 5.26 Å². The maximum absolute atomic E-state index is 12.6. The lowest BCUT2D eigenvalue weighted by molar-refractivity contribution is 0.0254. The molecule has 2 heterocycles. The van der Waals surface area contributed by atoms with Gasteiger partial charge in [0.25, 0.3) is 5.91 Å². The zero-order chi connectivity index (χ0) is 26.9. The first-order valence-corrected chi connectivity index (χ1v) is 12.7. The molecule has 9 heteroatoms. The Morgan fingerprint density at radius 1 is 1.16 bits per heavy atom. The summed E-state index contributed by atoms with van der Waals surface area (Å²) >= 11 is 0. The molecule has 1 saturated heterocycles. The van der Waals surface area contributed by atoms with E-state index >= 15 is 0 Å². The fourth-order valence-corrected chi connectivity index (χ4v) is 4.20. The predicted molar refractivity (Wildman–Crippen MR) is 143 cm³/mol. The van der Waals surface area contributed by atoms with Crippen LogP contribution in [0.25, 0.3) is 11.3 Å². The molecule has 0 spiro atoms. The average molecular weight is 516 g/mol. The van der Waals surface area contributed by atoms with Gasteiger partial charge >= 0.3 is 0 Å². The number of rotatable bonds is 10. The first kappa shape index (κ1) is 27.0. The number of carbonyl (C=O) groups excluding carboxylic acids is 1. The maximum Gasteiger partial charge on any atom is 0.255 e. The zero-order valence-corrected chi connectivity index (χ0v) is 22.1. The summed E-state index contributed by atoms with van der Waals surface area (Å²) in [5, 5.41) is 12.6. The fourth-order valence-electron chi connectivity index (χ4n) is 4.20. The number of likely N-dealkylation sites (N-methyl/N-ethyl adjacent to an activating group) is 1. The molecule has 2 aromatic carbocycles. The second-order valence-electron chi connectivity index (χ2n) is 9.38. The van der Waals surface area contributed by atoms with Gasteiger partial charge in [0.05, 0.1) is 37.1 Å². The molecule has 0 saturated carbocycles. The molecule has 1 aromatic heterocycles. The summed E-state index contributed by atoms with van der Waals surface area (Å²) in [5.41, 5.74) is 3.40. The number of aromatic nitrogens is 2. The predicted octanol–water partition coefficient (Wildman–Crippen LogP) is 3.46. The molecule has 0 aliphatic carbocycles. The minimum Gasteiger partial charge on any atom is -0.496 e. The molecule has 1 aliphatic rings. The molecule has 4 rings (SSSR count). The van der Waals surface area contributed by atoms with Crippen LogP contribution < -0.4 is 14.8 Å². The van der Waals surface area contributed by atoms with Crippen molar-refractivity contribution in [3.8, 4) is 28.8 Å². The van der Waals surface area contributed by atoms with Gasteiger partial charge in [0, 0.05) is 44.1 Å². The molecular weight excluding hydrogens is 482 g/mol. The van der Waals surface area contributed by atoms with Crippen molar-refractivity contribution in [3.05, 3.63) is 71.2 Å². The van der Waals surface area contributed by atoms with E-state index in [1.165, 1.54) is 0 Å². The Hall–Kier alpha value is -4.00. The number of benzene rings is 2. The molecule has 1 amide bonds. The number of hydrogen-bond donors (Lipinski definition) is 1. The third kappa shape index (κ3) is 7.06. The van der Waals surface area contributed by atoms with Gasteiger partial charge in [-0.25, -0.2) is 9.97 Å². The average Bonchev–Trinajstić information content (AvgIpc) is 2.93. The fraction of sp³-hybridized carbons (Fsp3) is 0.379. The molecule has 3 aromatic rings. The lowest BCUT2D eigenvalue weighted by Gasteiger charge is -2.23. The highest BCUT2D eigenvalue weighted by Gasteiger charge is 2.18. The molecular formula is C29H33N5O4. The molecule has 0 radical (unpaired) electrons. The standard InChI is InChI=1S/C29H33N5O4/c1-34(2)13-12-32-29(35)24-6-4-20(16-27(24)36-3)17-28-31-11-8-25(33-28)21-5-7-26(22(18-21)19-30)38-23-9-14-37-15-10-23/h4-8,11,16,18,23H,9-10,12-15,17H2,1-3H3,(H,32,35). The van der Waals surface area contributed by atoms with Crippen molar-refractivity contribution in [3.63, 3.8) is 0 Å². The summed E-state index contributed by atoms with van der Waals surface area (Å²) in [4.78, 5) is 23.8. The first-order chi connectivity index (χ1) is 18.5. The maximum atomic E-state index is 12.6. The monoisotopic (exact) mass is 515 g/mol. The molecule has 198 valence electrons. The van der Waals surface area contributed by atoms with E-state index in [2.05, 4.69) is 16.4 Å². The minimum absolute atomic E-state index is 0.0554. The summed E-state index contributed by atoms with van der Waals surface area (Å²) in [7, 11) is 5.47. The van der Waals surface area contributed by atoms with Crippen LogP contribution in [0.4, 0.5) is 0 Å². The van der Waals surface area contributed by atoms with Gasteiger partial charge in [0.2, 0.25) is 0 Å². The van der Waals surface area contributed by atoms with Crippen LogP contribution in [0.1, 0.15) is 40.2 Å². The smallest absolute Gasteiger partial charge is 0.255 e. The van der Waals surface area contributed by atoms with Crippen molar-refractivity contribution >= 4 is 5.91 Å². The lowest BCUT2D eigenvalue weighted by Crippen LogP contribution is -2.31. The highest BCUT2D eigenvalue weighted by Crippen LogP contribution is 2.28. The first-order valence-electron chi connectivity index (χ1n) is 12.7. The van der Waals surface area contributed by atoms with E-state index in [4.69, 9.17) is 19.2 Å². The number of methoxy groups -OCH3 is 1. The van der Waals surface area contributed by atoms with Gasteiger partial charge in [-0.2, -0.15) is 5.26 Å².